The molecule has 0 aliphatic rings. The third kappa shape index (κ3) is 6.41. The van der Waals surface area contributed by atoms with Gasteiger partial charge in [-0.2, -0.15) is 18.3 Å². The van der Waals surface area contributed by atoms with Gasteiger partial charge in [-0.15, -0.1) is 0 Å². The molecule has 0 fully saturated rings. The number of halogens is 3. The first kappa shape index (κ1) is 24.4. The van der Waals surface area contributed by atoms with Gasteiger partial charge in [0.05, 0.1) is 23.0 Å². The zero-order valence-corrected chi connectivity index (χ0v) is 18.9. The molecular weight excluding hydrogens is 431 g/mol. The smallest absolute Gasteiger partial charge is 0.352 e. The SMILES string of the molecule is CC(C)c1c(C(=O)NCCCN(C)Cc2ccccc2)cnn1-c1ccc(C(F)(F)F)cn1. The van der Waals surface area contributed by atoms with Crippen molar-refractivity contribution >= 4 is 5.91 Å². The summed E-state index contributed by atoms with van der Waals surface area (Å²) in [5.41, 5.74) is 1.39. The van der Waals surface area contributed by atoms with E-state index in [-0.39, 0.29) is 17.6 Å². The monoisotopic (exact) mass is 459 g/mol. The number of aromatic nitrogens is 3. The molecule has 0 atom stereocenters. The van der Waals surface area contributed by atoms with Crippen LogP contribution in [-0.2, 0) is 12.7 Å². The molecule has 3 rings (SSSR count). The summed E-state index contributed by atoms with van der Waals surface area (Å²) in [6, 6.07) is 12.4. The maximum atomic E-state index is 12.8. The number of hydrogen-bond acceptors (Lipinski definition) is 4. The van der Waals surface area contributed by atoms with Crippen LogP contribution < -0.4 is 5.32 Å². The van der Waals surface area contributed by atoms with Crippen LogP contribution in [0.1, 0.15) is 53.4 Å². The molecule has 9 heteroatoms. The van der Waals surface area contributed by atoms with Crippen molar-refractivity contribution in [3.05, 3.63) is 77.2 Å². The molecule has 2 aromatic heterocycles. The molecule has 0 saturated heterocycles. The number of pyridine rings is 1. The molecule has 1 aromatic carbocycles. The summed E-state index contributed by atoms with van der Waals surface area (Å²) >= 11 is 0. The van der Waals surface area contributed by atoms with Crippen LogP contribution in [0.5, 0.6) is 0 Å². The quantitative estimate of drug-likeness (QED) is 0.473. The lowest BCUT2D eigenvalue weighted by molar-refractivity contribution is -0.137. The Kier molecular flexibility index (Phi) is 7.86. The molecule has 0 spiro atoms. The summed E-state index contributed by atoms with van der Waals surface area (Å²) < 4.78 is 39.9. The van der Waals surface area contributed by atoms with Crippen molar-refractivity contribution in [1.82, 2.24) is 25.0 Å². The van der Waals surface area contributed by atoms with Gasteiger partial charge in [-0.3, -0.25) is 4.79 Å². The molecule has 0 radical (unpaired) electrons. The molecule has 176 valence electrons. The van der Waals surface area contributed by atoms with Gasteiger partial charge in [-0.05, 0) is 43.6 Å². The number of nitrogens with one attached hydrogen (secondary N) is 1. The summed E-state index contributed by atoms with van der Waals surface area (Å²) in [6.07, 6.45) is -1.48. The highest BCUT2D eigenvalue weighted by atomic mass is 19.4. The number of amides is 1. The molecule has 3 aromatic rings. The first-order valence-electron chi connectivity index (χ1n) is 10.8. The summed E-state index contributed by atoms with van der Waals surface area (Å²) in [7, 11) is 2.03. The summed E-state index contributed by atoms with van der Waals surface area (Å²) in [4.78, 5) is 18.9. The first-order valence-corrected chi connectivity index (χ1v) is 10.8. The molecule has 1 amide bonds. The van der Waals surface area contributed by atoms with Gasteiger partial charge in [0.1, 0.15) is 0 Å². The second-order valence-electron chi connectivity index (χ2n) is 8.25. The average Bonchev–Trinajstić information content (AvgIpc) is 3.22. The number of carbonyl (C=O) groups is 1. The number of hydrogen-bond donors (Lipinski definition) is 1. The minimum absolute atomic E-state index is 0.0886. The van der Waals surface area contributed by atoms with Crippen molar-refractivity contribution in [2.45, 2.75) is 38.9 Å². The van der Waals surface area contributed by atoms with Crippen molar-refractivity contribution in [1.29, 1.82) is 0 Å². The number of benzene rings is 1. The van der Waals surface area contributed by atoms with Crippen LogP contribution in [0.3, 0.4) is 0 Å². The number of alkyl halides is 3. The normalized spacial score (nSPS) is 11.9. The van der Waals surface area contributed by atoms with Crippen LogP contribution in [0.25, 0.3) is 5.82 Å². The van der Waals surface area contributed by atoms with E-state index in [9.17, 15) is 18.0 Å². The molecule has 0 aliphatic heterocycles. The van der Waals surface area contributed by atoms with Gasteiger partial charge in [0, 0.05) is 19.3 Å². The lowest BCUT2D eigenvalue weighted by Gasteiger charge is -2.17. The third-order valence-electron chi connectivity index (χ3n) is 5.19. The highest BCUT2D eigenvalue weighted by Gasteiger charge is 2.31. The Balaban J connectivity index is 1.61. The van der Waals surface area contributed by atoms with Crippen LogP contribution >= 0.6 is 0 Å². The standard InChI is InChI=1S/C24H28F3N5O/c1-17(2)22-20(15-30-32(22)21-11-10-19(14-29-21)24(25,26)27)23(33)28-12-7-13-31(3)16-18-8-5-4-6-9-18/h4-6,8-11,14-15,17H,7,12-13,16H2,1-3H3,(H,28,33). The molecule has 6 nitrogen and oxygen atoms in total. The fourth-order valence-electron chi connectivity index (χ4n) is 3.57. The number of nitrogens with zero attached hydrogens (tertiary/aromatic N) is 4. The van der Waals surface area contributed by atoms with Crippen LogP contribution in [0, 0.1) is 0 Å². The molecule has 33 heavy (non-hydrogen) atoms. The van der Waals surface area contributed by atoms with Crippen LogP contribution in [0.4, 0.5) is 13.2 Å². The van der Waals surface area contributed by atoms with Crippen molar-refractivity contribution in [2.24, 2.45) is 0 Å². The van der Waals surface area contributed by atoms with E-state index in [2.05, 4.69) is 32.4 Å². The molecule has 2 heterocycles. The van der Waals surface area contributed by atoms with E-state index in [4.69, 9.17) is 0 Å². The molecule has 0 saturated carbocycles. The fourth-order valence-corrected chi connectivity index (χ4v) is 3.57. The molecule has 0 aliphatic carbocycles. The second-order valence-corrected chi connectivity index (χ2v) is 8.25. The van der Waals surface area contributed by atoms with Gasteiger partial charge < -0.3 is 10.2 Å². The molecule has 1 N–H and O–H groups in total. The Bertz CT molecular complexity index is 1050. The van der Waals surface area contributed by atoms with Crippen LogP contribution in [0.15, 0.2) is 54.9 Å². The van der Waals surface area contributed by atoms with E-state index >= 15 is 0 Å². The Labute approximate surface area is 191 Å². The van der Waals surface area contributed by atoms with Crippen LogP contribution in [0.2, 0.25) is 0 Å². The predicted octanol–water partition coefficient (Wildman–Crippen LogP) is 4.66. The van der Waals surface area contributed by atoms with Gasteiger partial charge in [0.15, 0.2) is 5.82 Å². The Morgan fingerprint density at radius 1 is 1.12 bits per heavy atom. The zero-order chi connectivity index (χ0) is 24.0. The predicted molar refractivity (Wildman–Crippen MR) is 120 cm³/mol. The fraction of sp³-hybridized carbons (Fsp3) is 0.375. The summed E-state index contributed by atoms with van der Waals surface area (Å²) in [5.74, 6) is -0.120. The Morgan fingerprint density at radius 2 is 1.85 bits per heavy atom. The largest absolute Gasteiger partial charge is 0.417 e. The van der Waals surface area contributed by atoms with E-state index in [0.29, 0.717) is 17.8 Å². The van der Waals surface area contributed by atoms with E-state index in [1.54, 1.807) is 0 Å². The highest BCUT2D eigenvalue weighted by molar-refractivity contribution is 5.95. The minimum Gasteiger partial charge on any atom is -0.352 e. The lowest BCUT2D eigenvalue weighted by Crippen LogP contribution is -2.28. The third-order valence-corrected chi connectivity index (χ3v) is 5.19. The van der Waals surface area contributed by atoms with Gasteiger partial charge >= 0.3 is 6.18 Å². The van der Waals surface area contributed by atoms with E-state index in [1.165, 1.54) is 22.5 Å². The topological polar surface area (TPSA) is 63.1 Å². The average molecular weight is 460 g/mol. The van der Waals surface area contributed by atoms with Crippen molar-refractivity contribution in [3.63, 3.8) is 0 Å². The van der Waals surface area contributed by atoms with Gasteiger partial charge in [-0.1, -0.05) is 44.2 Å². The minimum atomic E-state index is -4.46. The van der Waals surface area contributed by atoms with Gasteiger partial charge in [-0.25, -0.2) is 9.67 Å². The van der Waals surface area contributed by atoms with Crippen molar-refractivity contribution in [2.75, 3.05) is 20.1 Å². The maximum Gasteiger partial charge on any atom is 0.417 e. The van der Waals surface area contributed by atoms with E-state index in [1.807, 2.05) is 39.1 Å². The Morgan fingerprint density at radius 3 is 2.45 bits per heavy atom. The lowest BCUT2D eigenvalue weighted by atomic mass is 10.1. The van der Waals surface area contributed by atoms with E-state index < -0.39 is 11.7 Å². The zero-order valence-electron chi connectivity index (χ0n) is 18.9. The molecular formula is C24H28F3N5O. The second kappa shape index (κ2) is 10.6. The first-order chi connectivity index (χ1) is 15.7. The highest BCUT2D eigenvalue weighted by Crippen LogP contribution is 2.29. The van der Waals surface area contributed by atoms with E-state index in [0.717, 1.165) is 31.8 Å². The molecule has 0 unspecified atom stereocenters. The summed E-state index contributed by atoms with van der Waals surface area (Å²) in [5, 5.41) is 7.15. The number of carbonyl (C=O) groups excluding carboxylic acids is 1. The van der Waals surface area contributed by atoms with Gasteiger partial charge in [0.25, 0.3) is 5.91 Å². The maximum absolute atomic E-state index is 12.8. The molecule has 0 bridgehead atoms. The number of rotatable bonds is 9. The van der Waals surface area contributed by atoms with Gasteiger partial charge in [0.2, 0.25) is 0 Å². The summed E-state index contributed by atoms with van der Waals surface area (Å²) in [6.45, 7) is 5.94. The van der Waals surface area contributed by atoms with Crippen LogP contribution in [-0.4, -0.2) is 45.7 Å². The van der Waals surface area contributed by atoms with Crippen molar-refractivity contribution in [3.8, 4) is 5.82 Å². The van der Waals surface area contributed by atoms with Crippen molar-refractivity contribution < 1.29 is 18.0 Å². The Hall–Kier alpha value is -3.20.